The lowest BCUT2D eigenvalue weighted by Crippen LogP contribution is -2.45. The molecule has 1 atom stereocenters. The van der Waals surface area contributed by atoms with Crippen molar-refractivity contribution in [1.29, 1.82) is 0 Å². The molecule has 0 bridgehead atoms. The Balaban J connectivity index is 1.95. The molecule has 0 aliphatic carbocycles. The van der Waals surface area contributed by atoms with Crippen molar-refractivity contribution in [1.82, 2.24) is 10.6 Å². The fraction of sp³-hybridized carbons (Fsp3) is 0.250. The Labute approximate surface area is 163 Å². The number of ether oxygens (including phenoxy) is 2. The summed E-state index contributed by atoms with van der Waals surface area (Å²) in [5.74, 6) is 0.0426. The van der Waals surface area contributed by atoms with Crippen molar-refractivity contribution in [3.05, 3.63) is 54.1 Å². The quantitative estimate of drug-likeness (QED) is 0.679. The van der Waals surface area contributed by atoms with Crippen LogP contribution in [0.3, 0.4) is 0 Å². The number of urea groups is 1. The molecule has 0 aliphatic heterocycles. The van der Waals surface area contributed by atoms with Crippen LogP contribution >= 0.6 is 0 Å². The summed E-state index contributed by atoms with van der Waals surface area (Å²) in [6, 6.07) is 12.9. The summed E-state index contributed by atoms with van der Waals surface area (Å²) < 4.78 is 10.7. The van der Waals surface area contributed by atoms with Gasteiger partial charge in [0.25, 0.3) is 11.8 Å². The number of hydrogen-bond donors (Lipinski definition) is 3. The Morgan fingerprint density at radius 2 is 1.71 bits per heavy atom. The van der Waals surface area contributed by atoms with Crippen LogP contribution in [0.1, 0.15) is 24.2 Å². The number of hydrogen-bond acceptors (Lipinski definition) is 5. The van der Waals surface area contributed by atoms with Crippen LogP contribution in [-0.2, 0) is 4.79 Å². The third-order valence-electron chi connectivity index (χ3n) is 3.72. The fourth-order valence-corrected chi connectivity index (χ4v) is 2.32. The van der Waals surface area contributed by atoms with E-state index in [9.17, 15) is 14.4 Å². The average molecular weight is 385 g/mol. The Hall–Kier alpha value is -3.55. The van der Waals surface area contributed by atoms with Gasteiger partial charge in [-0.25, -0.2) is 4.79 Å². The van der Waals surface area contributed by atoms with E-state index in [2.05, 4.69) is 16.0 Å². The molecule has 0 saturated heterocycles. The van der Waals surface area contributed by atoms with Gasteiger partial charge in [0, 0.05) is 12.2 Å². The van der Waals surface area contributed by atoms with Crippen molar-refractivity contribution in [3.63, 3.8) is 0 Å². The number of methoxy groups -OCH3 is 1. The topological polar surface area (TPSA) is 106 Å². The molecule has 0 fully saturated rings. The van der Waals surface area contributed by atoms with E-state index < -0.39 is 18.0 Å². The molecule has 0 aromatic heterocycles. The van der Waals surface area contributed by atoms with Crippen LogP contribution in [-0.4, -0.2) is 37.6 Å². The summed E-state index contributed by atoms with van der Waals surface area (Å²) in [7, 11) is 1.50. The minimum absolute atomic E-state index is 0.305. The first-order chi connectivity index (χ1) is 13.4. The van der Waals surface area contributed by atoms with Crippen molar-refractivity contribution in [3.8, 4) is 11.5 Å². The monoisotopic (exact) mass is 385 g/mol. The van der Waals surface area contributed by atoms with E-state index in [4.69, 9.17) is 9.47 Å². The minimum atomic E-state index is -0.864. The van der Waals surface area contributed by atoms with E-state index >= 15 is 0 Å². The molecule has 3 N–H and O–H groups in total. The number of benzene rings is 2. The first-order valence-electron chi connectivity index (χ1n) is 8.74. The van der Waals surface area contributed by atoms with Crippen LogP contribution in [0, 0.1) is 0 Å². The average Bonchev–Trinajstić information content (AvgIpc) is 2.69. The Bertz CT molecular complexity index is 836. The first-order valence-corrected chi connectivity index (χ1v) is 8.74. The highest BCUT2D eigenvalue weighted by molar-refractivity contribution is 6.06. The van der Waals surface area contributed by atoms with E-state index in [0.29, 0.717) is 29.3 Å². The number of nitrogens with one attached hydrogen (secondary N) is 3. The molecular weight excluding hydrogens is 362 g/mol. The SMILES string of the molecule is CCNC(=O)NC(=O)[C@H](C)Oc1ccc(NC(=O)c2ccccc2OC)cc1. The normalized spacial score (nSPS) is 11.1. The van der Waals surface area contributed by atoms with Crippen molar-refractivity contribution in [2.45, 2.75) is 20.0 Å². The smallest absolute Gasteiger partial charge is 0.321 e. The van der Waals surface area contributed by atoms with Gasteiger partial charge in [0.05, 0.1) is 12.7 Å². The second-order valence-electron chi connectivity index (χ2n) is 5.79. The molecule has 2 aromatic carbocycles. The summed E-state index contributed by atoms with van der Waals surface area (Å²) in [4.78, 5) is 35.7. The van der Waals surface area contributed by atoms with Gasteiger partial charge in [-0.2, -0.15) is 0 Å². The third kappa shape index (κ3) is 5.73. The maximum Gasteiger partial charge on any atom is 0.321 e. The van der Waals surface area contributed by atoms with Gasteiger partial charge < -0.3 is 20.1 Å². The van der Waals surface area contributed by atoms with Gasteiger partial charge in [0.2, 0.25) is 0 Å². The zero-order valence-corrected chi connectivity index (χ0v) is 15.9. The second-order valence-corrected chi connectivity index (χ2v) is 5.79. The lowest BCUT2D eigenvalue weighted by molar-refractivity contribution is -0.126. The molecule has 148 valence electrons. The Morgan fingerprint density at radius 3 is 2.36 bits per heavy atom. The minimum Gasteiger partial charge on any atom is -0.496 e. The van der Waals surface area contributed by atoms with E-state index in [1.54, 1.807) is 55.5 Å². The van der Waals surface area contributed by atoms with Crippen LogP contribution in [0.25, 0.3) is 0 Å². The molecule has 0 saturated carbocycles. The summed E-state index contributed by atoms with van der Waals surface area (Å²) in [5.41, 5.74) is 0.976. The van der Waals surface area contributed by atoms with Gasteiger partial charge in [-0.15, -0.1) is 0 Å². The highest BCUT2D eigenvalue weighted by Crippen LogP contribution is 2.21. The first kappa shape index (κ1) is 20.8. The Morgan fingerprint density at radius 1 is 1.04 bits per heavy atom. The van der Waals surface area contributed by atoms with E-state index in [0.717, 1.165) is 0 Å². The van der Waals surface area contributed by atoms with E-state index in [-0.39, 0.29) is 5.91 Å². The molecule has 0 aliphatic rings. The van der Waals surface area contributed by atoms with Crippen LogP contribution in [0.5, 0.6) is 11.5 Å². The van der Waals surface area contributed by atoms with Gasteiger partial charge in [-0.05, 0) is 50.2 Å². The number of amides is 4. The zero-order chi connectivity index (χ0) is 20.5. The number of carbonyl (C=O) groups excluding carboxylic acids is 3. The predicted octanol–water partition coefficient (Wildman–Crippen LogP) is 2.56. The molecule has 0 radical (unpaired) electrons. The molecule has 2 rings (SSSR count). The van der Waals surface area contributed by atoms with Crippen molar-refractivity contribution >= 4 is 23.5 Å². The highest BCUT2D eigenvalue weighted by Gasteiger charge is 2.17. The molecule has 8 heteroatoms. The van der Waals surface area contributed by atoms with Gasteiger partial charge in [-0.3, -0.25) is 14.9 Å². The summed E-state index contributed by atoms with van der Waals surface area (Å²) in [6.07, 6.45) is -0.864. The molecule has 8 nitrogen and oxygen atoms in total. The zero-order valence-electron chi connectivity index (χ0n) is 15.9. The molecule has 0 spiro atoms. The van der Waals surface area contributed by atoms with Crippen LogP contribution in [0.15, 0.2) is 48.5 Å². The summed E-state index contributed by atoms with van der Waals surface area (Å²) in [6.45, 7) is 3.69. The molecule has 28 heavy (non-hydrogen) atoms. The van der Waals surface area contributed by atoms with E-state index in [1.165, 1.54) is 14.0 Å². The van der Waals surface area contributed by atoms with Crippen LogP contribution in [0.2, 0.25) is 0 Å². The predicted molar refractivity (Wildman–Crippen MR) is 105 cm³/mol. The van der Waals surface area contributed by atoms with Crippen LogP contribution in [0.4, 0.5) is 10.5 Å². The number of carbonyl (C=O) groups is 3. The Kier molecular flexibility index (Phi) is 7.38. The third-order valence-corrected chi connectivity index (χ3v) is 3.72. The van der Waals surface area contributed by atoms with Crippen LogP contribution < -0.4 is 25.4 Å². The van der Waals surface area contributed by atoms with E-state index in [1.807, 2.05) is 0 Å². The molecule has 0 heterocycles. The van der Waals surface area contributed by atoms with Crippen molar-refractivity contribution in [2.75, 3.05) is 19.0 Å². The largest absolute Gasteiger partial charge is 0.496 e. The maximum atomic E-state index is 12.4. The highest BCUT2D eigenvalue weighted by atomic mass is 16.5. The van der Waals surface area contributed by atoms with Gasteiger partial charge >= 0.3 is 6.03 Å². The van der Waals surface area contributed by atoms with Gasteiger partial charge in [-0.1, -0.05) is 12.1 Å². The summed E-state index contributed by atoms with van der Waals surface area (Å²) in [5, 5.41) is 7.42. The van der Waals surface area contributed by atoms with Crippen molar-refractivity contribution < 1.29 is 23.9 Å². The lowest BCUT2D eigenvalue weighted by atomic mass is 10.2. The summed E-state index contributed by atoms with van der Waals surface area (Å²) >= 11 is 0. The number of para-hydroxylation sites is 1. The fourth-order valence-electron chi connectivity index (χ4n) is 2.32. The molecular formula is C20H23N3O5. The maximum absolute atomic E-state index is 12.4. The molecule has 0 unspecified atom stereocenters. The molecule has 4 amide bonds. The number of rotatable bonds is 7. The van der Waals surface area contributed by atoms with Gasteiger partial charge in [0.15, 0.2) is 6.10 Å². The second kappa shape index (κ2) is 9.96. The molecule has 2 aromatic rings. The number of anilines is 1. The number of imide groups is 1. The van der Waals surface area contributed by atoms with Gasteiger partial charge in [0.1, 0.15) is 11.5 Å². The van der Waals surface area contributed by atoms with Crippen molar-refractivity contribution in [2.24, 2.45) is 0 Å². The lowest BCUT2D eigenvalue weighted by Gasteiger charge is -2.15. The standard InChI is InChI=1S/C20H23N3O5/c1-4-21-20(26)23-18(24)13(2)28-15-11-9-14(10-12-15)22-19(25)16-7-5-6-8-17(16)27-3/h5-13H,4H2,1-3H3,(H,22,25)(H2,21,23,24,26)/t13-/m0/s1.